The van der Waals surface area contributed by atoms with Gasteiger partial charge in [-0.1, -0.05) is 36.4 Å². The van der Waals surface area contributed by atoms with E-state index in [-0.39, 0.29) is 11.5 Å². The van der Waals surface area contributed by atoms with Crippen LogP contribution in [0.15, 0.2) is 71.3 Å². The van der Waals surface area contributed by atoms with Gasteiger partial charge in [0, 0.05) is 5.56 Å². The Balaban J connectivity index is 1.62. The molecule has 26 heavy (non-hydrogen) atoms. The minimum Gasteiger partial charge on any atom is -0.272 e. The zero-order valence-electron chi connectivity index (χ0n) is 14.1. The van der Waals surface area contributed by atoms with Crippen molar-refractivity contribution in [2.75, 3.05) is 0 Å². The maximum Gasteiger partial charge on any atom is 0.289 e. The first-order valence-electron chi connectivity index (χ1n) is 8.00. The molecule has 3 aromatic rings. The van der Waals surface area contributed by atoms with Crippen LogP contribution in [0.3, 0.4) is 0 Å². The number of carbonyl (C=O) groups is 1. The van der Waals surface area contributed by atoms with E-state index < -0.39 is 5.91 Å². The normalized spacial score (nSPS) is 11.7. The molecule has 0 spiro atoms. The van der Waals surface area contributed by atoms with Gasteiger partial charge in [0.15, 0.2) is 0 Å². The van der Waals surface area contributed by atoms with Crippen molar-refractivity contribution in [3.63, 3.8) is 0 Å². The molecule has 0 aliphatic heterocycles. The number of benzene rings is 2. The number of halogens is 1. The molecule has 0 bridgehead atoms. The lowest BCUT2D eigenvalue weighted by Gasteiger charge is -1.97. The largest absolute Gasteiger partial charge is 0.289 e. The predicted octanol–water partition coefficient (Wildman–Crippen LogP) is 4.03. The molecule has 0 saturated heterocycles. The third kappa shape index (κ3) is 4.51. The third-order valence-electron chi connectivity index (χ3n) is 3.59. The number of nitrogens with zero attached hydrogens (tertiary/aromatic N) is 2. The molecule has 0 fully saturated rings. The summed E-state index contributed by atoms with van der Waals surface area (Å²) in [5, 5.41) is 10.7. The fourth-order valence-electron chi connectivity index (χ4n) is 2.31. The van der Waals surface area contributed by atoms with E-state index in [1.54, 1.807) is 24.4 Å². The Morgan fingerprint density at radius 3 is 2.62 bits per heavy atom. The van der Waals surface area contributed by atoms with Gasteiger partial charge in [-0.3, -0.25) is 9.89 Å². The van der Waals surface area contributed by atoms with E-state index in [4.69, 9.17) is 0 Å². The highest BCUT2D eigenvalue weighted by Gasteiger charge is 2.10. The topological polar surface area (TPSA) is 70.1 Å². The molecular weight excluding hydrogens is 331 g/mol. The van der Waals surface area contributed by atoms with Gasteiger partial charge < -0.3 is 0 Å². The second-order valence-electron chi connectivity index (χ2n) is 5.67. The van der Waals surface area contributed by atoms with Crippen LogP contribution in [-0.2, 0) is 0 Å². The van der Waals surface area contributed by atoms with Crippen molar-refractivity contribution in [2.24, 2.45) is 5.10 Å². The van der Waals surface area contributed by atoms with Crippen LogP contribution in [0.25, 0.3) is 17.3 Å². The lowest BCUT2D eigenvalue weighted by molar-refractivity contribution is 0.0950. The van der Waals surface area contributed by atoms with Crippen molar-refractivity contribution in [2.45, 2.75) is 6.92 Å². The van der Waals surface area contributed by atoms with Gasteiger partial charge in [-0.25, -0.2) is 9.82 Å². The maximum absolute atomic E-state index is 13.0. The number of H-pyrrole nitrogens is 1. The molecule has 3 rings (SSSR count). The first-order chi connectivity index (χ1) is 12.6. The van der Waals surface area contributed by atoms with Crippen LogP contribution in [0, 0.1) is 5.82 Å². The number of hydrogen-bond donors (Lipinski definition) is 2. The van der Waals surface area contributed by atoms with Crippen molar-refractivity contribution >= 4 is 18.2 Å². The molecular formula is C20H17FN4O. The van der Waals surface area contributed by atoms with Crippen LogP contribution in [0.1, 0.15) is 23.0 Å². The SMILES string of the molecule is CC(/C=N\NC(=O)c1cc(-c2ccc(F)cc2)n[nH]1)=C/c1ccccc1. The summed E-state index contributed by atoms with van der Waals surface area (Å²) in [6.45, 7) is 1.89. The average Bonchev–Trinajstić information content (AvgIpc) is 3.13. The van der Waals surface area contributed by atoms with Crippen molar-refractivity contribution < 1.29 is 9.18 Å². The van der Waals surface area contributed by atoms with Gasteiger partial charge >= 0.3 is 0 Å². The van der Waals surface area contributed by atoms with Gasteiger partial charge in [-0.2, -0.15) is 10.2 Å². The van der Waals surface area contributed by atoms with Crippen LogP contribution in [-0.4, -0.2) is 22.3 Å². The number of hydrogen-bond acceptors (Lipinski definition) is 3. The second kappa shape index (κ2) is 8.02. The summed E-state index contributed by atoms with van der Waals surface area (Å²) in [6.07, 6.45) is 3.53. The molecule has 2 N–H and O–H groups in total. The van der Waals surface area contributed by atoms with E-state index in [1.807, 2.05) is 43.3 Å². The van der Waals surface area contributed by atoms with Gasteiger partial charge in [-0.05, 0) is 48.4 Å². The molecule has 0 radical (unpaired) electrons. The molecule has 0 aliphatic carbocycles. The highest BCUT2D eigenvalue weighted by molar-refractivity contribution is 5.94. The minimum absolute atomic E-state index is 0.270. The van der Waals surface area contributed by atoms with Gasteiger partial charge in [0.25, 0.3) is 5.91 Å². The van der Waals surface area contributed by atoms with E-state index in [9.17, 15) is 9.18 Å². The monoisotopic (exact) mass is 348 g/mol. The van der Waals surface area contributed by atoms with E-state index >= 15 is 0 Å². The lowest BCUT2D eigenvalue weighted by atomic mass is 10.1. The molecule has 2 aromatic carbocycles. The van der Waals surface area contributed by atoms with Crippen molar-refractivity contribution in [3.05, 3.63) is 83.3 Å². The number of amides is 1. The highest BCUT2D eigenvalue weighted by Crippen LogP contribution is 2.17. The number of rotatable bonds is 5. The van der Waals surface area contributed by atoms with Gasteiger partial charge in [0.1, 0.15) is 11.5 Å². The van der Waals surface area contributed by atoms with Crippen molar-refractivity contribution in [1.82, 2.24) is 15.6 Å². The Kier molecular flexibility index (Phi) is 5.34. The summed E-state index contributed by atoms with van der Waals surface area (Å²) < 4.78 is 13.0. The Bertz CT molecular complexity index is 943. The van der Waals surface area contributed by atoms with Gasteiger partial charge in [0.2, 0.25) is 0 Å². The van der Waals surface area contributed by atoms with Crippen LogP contribution in [0.5, 0.6) is 0 Å². The fraction of sp³-hybridized carbons (Fsp3) is 0.0500. The van der Waals surface area contributed by atoms with Crippen LogP contribution in [0.4, 0.5) is 4.39 Å². The Labute approximate surface area is 150 Å². The molecule has 5 nitrogen and oxygen atoms in total. The zero-order chi connectivity index (χ0) is 18.4. The first-order valence-corrected chi connectivity index (χ1v) is 8.00. The molecule has 0 atom stereocenters. The number of aromatic amines is 1. The molecule has 1 heterocycles. The number of allylic oxidation sites excluding steroid dienone is 1. The molecule has 0 saturated carbocycles. The Hall–Kier alpha value is -3.54. The van der Waals surface area contributed by atoms with E-state index in [0.29, 0.717) is 11.3 Å². The number of aromatic nitrogens is 2. The van der Waals surface area contributed by atoms with Crippen molar-refractivity contribution in [3.8, 4) is 11.3 Å². The maximum atomic E-state index is 13.0. The zero-order valence-corrected chi connectivity index (χ0v) is 14.1. The summed E-state index contributed by atoms with van der Waals surface area (Å²) in [5.74, 6) is -0.731. The van der Waals surface area contributed by atoms with Gasteiger partial charge in [-0.15, -0.1) is 0 Å². The highest BCUT2D eigenvalue weighted by atomic mass is 19.1. The smallest absolute Gasteiger partial charge is 0.272 e. The number of hydrazone groups is 1. The molecule has 130 valence electrons. The minimum atomic E-state index is -0.408. The standard InChI is InChI=1S/C20H17FN4O/c1-14(11-15-5-3-2-4-6-15)13-22-25-20(26)19-12-18(23-24-19)16-7-9-17(21)10-8-16/h2-13H,1H3,(H,23,24)(H,25,26)/b14-11-,22-13-. The van der Waals surface area contributed by atoms with E-state index in [1.165, 1.54) is 12.1 Å². The van der Waals surface area contributed by atoms with Gasteiger partial charge in [0.05, 0.1) is 11.9 Å². The lowest BCUT2D eigenvalue weighted by Crippen LogP contribution is -2.17. The average molecular weight is 348 g/mol. The first kappa shape index (κ1) is 17.3. The second-order valence-corrected chi connectivity index (χ2v) is 5.67. The summed E-state index contributed by atoms with van der Waals surface area (Å²) in [5.41, 5.74) is 5.94. The molecule has 6 heteroatoms. The van der Waals surface area contributed by atoms with Crippen LogP contribution >= 0.6 is 0 Å². The number of carbonyl (C=O) groups excluding carboxylic acids is 1. The summed E-state index contributed by atoms with van der Waals surface area (Å²) in [4.78, 5) is 12.1. The third-order valence-corrected chi connectivity index (χ3v) is 3.59. The summed E-state index contributed by atoms with van der Waals surface area (Å²) >= 11 is 0. The molecule has 1 aromatic heterocycles. The fourth-order valence-corrected chi connectivity index (χ4v) is 2.31. The van der Waals surface area contributed by atoms with E-state index in [0.717, 1.165) is 11.1 Å². The molecule has 0 aliphatic rings. The Morgan fingerprint density at radius 1 is 1.15 bits per heavy atom. The quantitative estimate of drug-likeness (QED) is 0.540. The Morgan fingerprint density at radius 2 is 1.88 bits per heavy atom. The molecule has 1 amide bonds. The summed E-state index contributed by atoms with van der Waals surface area (Å²) in [6, 6.07) is 17.3. The number of nitrogens with one attached hydrogen (secondary N) is 2. The molecule has 0 unspecified atom stereocenters. The van der Waals surface area contributed by atoms with Crippen molar-refractivity contribution in [1.29, 1.82) is 0 Å². The van der Waals surface area contributed by atoms with E-state index in [2.05, 4.69) is 20.7 Å². The van der Waals surface area contributed by atoms with Crippen LogP contribution in [0.2, 0.25) is 0 Å². The summed E-state index contributed by atoms with van der Waals surface area (Å²) in [7, 11) is 0. The van der Waals surface area contributed by atoms with Crippen LogP contribution < -0.4 is 5.43 Å². The predicted molar refractivity (Wildman–Crippen MR) is 100 cm³/mol.